The number of hydrogen-bond acceptors (Lipinski definition) is 3. The summed E-state index contributed by atoms with van der Waals surface area (Å²) in [5.41, 5.74) is 1.81. The lowest BCUT2D eigenvalue weighted by molar-refractivity contribution is 0.0946. The van der Waals surface area contributed by atoms with Crippen molar-refractivity contribution in [3.63, 3.8) is 0 Å². The average molecular weight is 221 g/mol. The number of methoxy groups -OCH3 is 1. The molecule has 4 heteroatoms. The van der Waals surface area contributed by atoms with Gasteiger partial charge in [0.25, 0.3) is 5.91 Å². The fourth-order valence-electron chi connectivity index (χ4n) is 1.74. The van der Waals surface area contributed by atoms with E-state index >= 15 is 0 Å². The van der Waals surface area contributed by atoms with Gasteiger partial charge in [0.1, 0.15) is 12.4 Å². The van der Waals surface area contributed by atoms with Crippen molar-refractivity contribution in [3.05, 3.63) is 29.3 Å². The standard InChI is InChI=1S/C12H15NO3/c1-15-6-7-16-10-2-3-11-9(8-10)4-5-13-12(11)14/h2-3,8H,4-7H2,1H3,(H,13,14). The average Bonchev–Trinajstić information content (AvgIpc) is 2.30. The Labute approximate surface area is 94.6 Å². The van der Waals surface area contributed by atoms with E-state index in [0.29, 0.717) is 19.8 Å². The Kier molecular flexibility index (Phi) is 3.41. The third-order valence-corrected chi connectivity index (χ3v) is 2.56. The lowest BCUT2D eigenvalue weighted by atomic mass is 10.0. The number of carbonyl (C=O) groups is 1. The zero-order chi connectivity index (χ0) is 11.4. The van der Waals surface area contributed by atoms with E-state index in [1.165, 1.54) is 0 Å². The molecule has 1 aromatic rings. The van der Waals surface area contributed by atoms with Crippen LogP contribution in [0.3, 0.4) is 0 Å². The molecule has 1 aromatic carbocycles. The van der Waals surface area contributed by atoms with Gasteiger partial charge in [-0.3, -0.25) is 4.79 Å². The SMILES string of the molecule is COCCOc1ccc2c(c1)CCNC2=O. The van der Waals surface area contributed by atoms with Gasteiger partial charge in [-0.25, -0.2) is 0 Å². The molecule has 0 saturated heterocycles. The minimum Gasteiger partial charge on any atom is -0.491 e. The predicted octanol–water partition coefficient (Wildman–Crippen LogP) is 0.998. The van der Waals surface area contributed by atoms with Crippen LogP contribution in [-0.2, 0) is 11.2 Å². The van der Waals surface area contributed by atoms with Crippen molar-refractivity contribution in [1.82, 2.24) is 5.32 Å². The lowest BCUT2D eigenvalue weighted by Gasteiger charge is -2.17. The van der Waals surface area contributed by atoms with Gasteiger partial charge in [0, 0.05) is 19.2 Å². The Morgan fingerprint density at radius 2 is 2.25 bits per heavy atom. The first-order valence-corrected chi connectivity index (χ1v) is 5.34. The fraction of sp³-hybridized carbons (Fsp3) is 0.417. The predicted molar refractivity (Wildman–Crippen MR) is 59.9 cm³/mol. The van der Waals surface area contributed by atoms with Gasteiger partial charge in [-0.15, -0.1) is 0 Å². The van der Waals surface area contributed by atoms with Crippen molar-refractivity contribution in [2.24, 2.45) is 0 Å². The van der Waals surface area contributed by atoms with Crippen molar-refractivity contribution in [2.75, 3.05) is 26.9 Å². The van der Waals surface area contributed by atoms with Crippen LogP contribution < -0.4 is 10.1 Å². The summed E-state index contributed by atoms with van der Waals surface area (Å²) in [6, 6.07) is 5.56. The topological polar surface area (TPSA) is 47.6 Å². The van der Waals surface area contributed by atoms with Crippen LogP contribution in [0.1, 0.15) is 15.9 Å². The molecular weight excluding hydrogens is 206 g/mol. The quantitative estimate of drug-likeness (QED) is 0.771. The van der Waals surface area contributed by atoms with Crippen LogP contribution in [0.4, 0.5) is 0 Å². The van der Waals surface area contributed by atoms with Crippen LogP contribution in [0, 0.1) is 0 Å². The Balaban J connectivity index is 2.09. The Morgan fingerprint density at radius 3 is 3.06 bits per heavy atom. The zero-order valence-electron chi connectivity index (χ0n) is 9.29. The van der Waals surface area contributed by atoms with E-state index in [0.717, 1.165) is 23.3 Å². The summed E-state index contributed by atoms with van der Waals surface area (Å²) in [5.74, 6) is 0.801. The fourth-order valence-corrected chi connectivity index (χ4v) is 1.74. The van der Waals surface area contributed by atoms with Gasteiger partial charge >= 0.3 is 0 Å². The Hall–Kier alpha value is -1.55. The van der Waals surface area contributed by atoms with Gasteiger partial charge in [0.05, 0.1) is 6.61 Å². The molecule has 1 aliphatic rings. The molecule has 0 radical (unpaired) electrons. The number of hydrogen-bond donors (Lipinski definition) is 1. The van der Waals surface area contributed by atoms with Gasteiger partial charge in [0.15, 0.2) is 0 Å². The first-order chi connectivity index (χ1) is 7.81. The summed E-state index contributed by atoms with van der Waals surface area (Å²) in [7, 11) is 1.64. The molecule has 16 heavy (non-hydrogen) atoms. The Bertz CT molecular complexity index is 390. The maximum absolute atomic E-state index is 11.5. The van der Waals surface area contributed by atoms with Crippen molar-refractivity contribution in [3.8, 4) is 5.75 Å². The number of amides is 1. The van der Waals surface area contributed by atoms with Crippen molar-refractivity contribution in [1.29, 1.82) is 0 Å². The summed E-state index contributed by atoms with van der Waals surface area (Å²) < 4.78 is 10.4. The minimum atomic E-state index is 0.00434. The molecule has 0 bridgehead atoms. The third kappa shape index (κ3) is 2.33. The molecule has 0 unspecified atom stereocenters. The van der Waals surface area contributed by atoms with E-state index in [4.69, 9.17) is 9.47 Å². The molecule has 0 aliphatic carbocycles. The molecule has 0 saturated carbocycles. The number of nitrogens with one attached hydrogen (secondary N) is 1. The second-order valence-corrected chi connectivity index (χ2v) is 3.67. The second-order valence-electron chi connectivity index (χ2n) is 3.67. The van der Waals surface area contributed by atoms with E-state index in [1.54, 1.807) is 7.11 Å². The normalized spacial score (nSPS) is 14.2. The van der Waals surface area contributed by atoms with Gasteiger partial charge in [-0.1, -0.05) is 0 Å². The van der Waals surface area contributed by atoms with Gasteiger partial charge in [0.2, 0.25) is 0 Å². The molecule has 1 amide bonds. The molecule has 4 nitrogen and oxygen atoms in total. The molecular formula is C12H15NO3. The molecule has 0 atom stereocenters. The van der Waals surface area contributed by atoms with E-state index in [-0.39, 0.29) is 5.91 Å². The second kappa shape index (κ2) is 4.99. The number of rotatable bonds is 4. The first kappa shape index (κ1) is 11.0. The summed E-state index contributed by atoms with van der Waals surface area (Å²) in [4.78, 5) is 11.5. The number of benzene rings is 1. The number of carbonyl (C=O) groups excluding carboxylic acids is 1. The molecule has 0 spiro atoms. The molecule has 1 aliphatic heterocycles. The summed E-state index contributed by atoms with van der Waals surface area (Å²) >= 11 is 0. The molecule has 0 fully saturated rings. The Morgan fingerprint density at radius 1 is 1.38 bits per heavy atom. The van der Waals surface area contributed by atoms with Crippen LogP contribution in [-0.4, -0.2) is 32.8 Å². The van der Waals surface area contributed by atoms with Gasteiger partial charge in [-0.05, 0) is 30.2 Å². The number of ether oxygens (including phenoxy) is 2. The van der Waals surface area contributed by atoms with Gasteiger partial charge in [-0.2, -0.15) is 0 Å². The summed E-state index contributed by atoms with van der Waals surface area (Å²) in [6.45, 7) is 1.80. The highest BCUT2D eigenvalue weighted by Gasteiger charge is 2.16. The maximum atomic E-state index is 11.5. The molecule has 1 heterocycles. The highest BCUT2D eigenvalue weighted by Crippen LogP contribution is 2.20. The van der Waals surface area contributed by atoms with Gasteiger partial charge < -0.3 is 14.8 Å². The highest BCUT2D eigenvalue weighted by atomic mass is 16.5. The molecule has 0 aromatic heterocycles. The third-order valence-electron chi connectivity index (χ3n) is 2.56. The van der Waals surface area contributed by atoms with Crippen LogP contribution in [0.15, 0.2) is 18.2 Å². The van der Waals surface area contributed by atoms with Crippen LogP contribution in [0.25, 0.3) is 0 Å². The number of fused-ring (bicyclic) bond motifs is 1. The first-order valence-electron chi connectivity index (χ1n) is 5.34. The van der Waals surface area contributed by atoms with Crippen LogP contribution >= 0.6 is 0 Å². The molecule has 86 valence electrons. The van der Waals surface area contributed by atoms with E-state index in [9.17, 15) is 4.79 Å². The molecule has 1 N–H and O–H groups in total. The monoisotopic (exact) mass is 221 g/mol. The lowest BCUT2D eigenvalue weighted by Crippen LogP contribution is -2.31. The minimum absolute atomic E-state index is 0.00434. The summed E-state index contributed by atoms with van der Waals surface area (Å²) in [6.07, 6.45) is 0.864. The van der Waals surface area contributed by atoms with Crippen molar-refractivity contribution >= 4 is 5.91 Å². The van der Waals surface area contributed by atoms with E-state index < -0.39 is 0 Å². The highest BCUT2D eigenvalue weighted by molar-refractivity contribution is 5.96. The van der Waals surface area contributed by atoms with Crippen molar-refractivity contribution in [2.45, 2.75) is 6.42 Å². The summed E-state index contributed by atoms with van der Waals surface area (Å²) in [5, 5.41) is 2.81. The largest absolute Gasteiger partial charge is 0.491 e. The smallest absolute Gasteiger partial charge is 0.251 e. The van der Waals surface area contributed by atoms with E-state index in [1.807, 2.05) is 18.2 Å². The molecule has 2 rings (SSSR count). The zero-order valence-corrected chi connectivity index (χ0v) is 9.29. The van der Waals surface area contributed by atoms with Crippen LogP contribution in [0.5, 0.6) is 5.75 Å². The van der Waals surface area contributed by atoms with Crippen molar-refractivity contribution < 1.29 is 14.3 Å². The van der Waals surface area contributed by atoms with Crippen LogP contribution in [0.2, 0.25) is 0 Å². The maximum Gasteiger partial charge on any atom is 0.251 e. The van der Waals surface area contributed by atoms with E-state index in [2.05, 4.69) is 5.32 Å².